The highest BCUT2D eigenvalue weighted by Crippen LogP contribution is 2.35. The molecule has 3 atom stereocenters. The number of carbonyl (C=O) groups excluding carboxylic acids is 3. The van der Waals surface area contributed by atoms with Gasteiger partial charge in [0.2, 0.25) is 11.8 Å². The third-order valence-corrected chi connectivity index (χ3v) is 5.89. The van der Waals surface area contributed by atoms with Gasteiger partial charge < -0.3 is 10.6 Å². The van der Waals surface area contributed by atoms with Crippen LogP contribution in [0.1, 0.15) is 34.3 Å². The van der Waals surface area contributed by atoms with Gasteiger partial charge in [0.25, 0.3) is 5.91 Å². The molecule has 10 heteroatoms. The Hall–Kier alpha value is -2.46. The monoisotopic (exact) mass is 410 g/mol. The van der Waals surface area contributed by atoms with Crippen molar-refractivity contribution in [1.82, 2.24) is 15.1 Å². The van der Waals surface area contributed by atoms with Gasteiger partial charge >= 0.3 is 6.18 Å². The van der Waals surface area contributed by atoms with Gasteiger partial charge in [0, 0.05) is 44.2 Å². The molecule has 3 aliphatic rings. The fraction of sp³-hybridized carbons (Fsp3) is 0.526. The topological polar surface area (TPSA) is 95.7 Å². The van der Waals surface area contributed by atoms with Crippen LogP contribution in [0.5, 0.6) is 0 Å². The normalized spacial score (nSPS) is 28.1. The van der Waals surface area contributed by atoms with Crippen LogP contribution in [-0.2, 0) is 22.7 Å². The number of nitrogens with one attached hydrogen (secondary N) is 1. The van der Waals surface area contributed by atoms with Crippen LogP contribution in [-0.4, -0.2) is 58.9 Å². The van der Waals surface area contributed by atoms with E-state index in [1.165, 1.54) is 4.90 Å². The van der Waals surface area contributed by atoms with Crippen LogP contribution in [0.2, 0.25) is 0 Å². The zero-order chi connectivity index (χ0) is 20.9. The van der Waals surface area contributed by atoms with E-state index >= 15 is 0 Å². The molecule has 3 aliphatic heterocycles. The second-order valence-electron chi connectivity index (χ2n) is 7.86. The summed E-state index contributed by atoms with van der Waals surface area (Å²) in [5.41, 5.74) is 7.47. The molecule has 3 amide bonds. The first kappa shape index (κ1) is 19.8. The molecule has 1 aromatic carbocycles. The number of hydrogen-bond acceptors (Lipinski definition) is 5. The van der Waals surface area contributed by atoms with Crippen molar-refractivity contribution in [3.8, 4) is 0 Å². The highest BCUT2D eigenvalue weighted by molar-refractivity contribution is 6.05. The quantitative estimate of drug-likeness (QED) is 0.718. The van der Waals surface area contributed by atoms with E-state index in [1.807, 2.05) is 0 Å². The molecule has 29 heavy (non-hydrogen) atoms. The van der Waals surface area contributed by atoms with Crippen molar-refractivity contribution in [1.29, 1.82) is 0 Å². The van der Waals surface area contributed by atoms with Crippen LogP contribution in [0.25, 0.3) is 0 Å². The molecular formula is C19H21F3N4O3. The van der Waals surface area contributed by atoms with Crippen molar-refractivity contribution in [3.05, 3.63) is 34.9 Å². The fourth-order valence-electron chi connectivity index (χ4n) is 4.45. The predicted octanol–water partition coefficient (Wildman–Crippen LogP) is 0.769. The molecule has 0 aliphatic carbocycles. The Morgan fingerprint density at radius 1 is 1.17 bits per heavy atom. The zero-order valence-electron chi connectivity index (χ0n) is 15.5. The molecule has 0 bridgehead atoms. The fourth-order valence-corrected chi connectivity index (χ4v) is 4.45. The average Bonchev–Trinajstić information content (AvgIpc) is 3.16. The molecular weight excluding hydrogens is 389 g/mol. The van der Waals surface area contributed by atoms with Crippen LogP contribution in [0.3, 0.4) is 0 Å². The Kier molecular flexibility index (Phi) is 4.86. The van der Waals surface area contributed by atoms with Gasteiger partial charge in [-0.3, -0.25) is 24.6 Å². The Balaban J connectivity index is 1.53. The summed E-state index contributed by atoms with van der Waals surface area (Å²) in [4.78, 5) is 39.6. The van der Waals surface area contributed by atoms with Crippen molar-refractivity contribution < 1.29 is 27.6 Å². The Morgan fingerprint density at radius 2 is 1.93 bits per heavy atom. The maximum Gasteiger partial charge on any atom is 0.394 e. The SMILES string of the molecule is N[C@@H]1CN(Cc2cccc3c2C(=O)N(C2CCC(=O)NC2=O)C3)C[C@H]1C(F)(F)F. The largest absolute Gasteiger partial charge is 0.394 e. The van der Waals surface area contributed by atoms with Crippen LogP contribution >= 0.6 is 0 Å². The summed E-state index contributed by atoms with van der Waals surface area (Å²) >= 11 is 0. The van der Waals surface area contributed by atoms with Crippen molar-refractivity contribution in [2.45, 2.75) is 44.2 Å². The summed E-state index contributed by atoms with van der Waals surface area (Å²) in [6, 6.07) is 3.53. The molecule has 1 unspecified atom stereocenters. The van der Waals surface area contributed by atoms with Gasteiger partial charge in [0.15, 0.2) is 0 Å². The number of fused-ring (bicyclic) bond motifs is 1. The minimum Gasteiger partial charge on any atom is -0.326 e. The molecule has 3 heterocycles. The number of alkyl halides is 3. The zero-order valence-corrected chi connectivity index (χ0v) is 15.5. The predicted molar refractivity (Wildman–Crippen MR) is 95.3 cm³/mol. The van der Waals surface area contributed by atoms with Crippen molar-refractivity contribution >= 4 is 17.7 Å². The number of hydrogen-bond donors (Lipinski definition) is 2. The van der Waals surface area contributed by atoms with E-state index in [-0.39, 0.29) is 50.8 Å². The number of imide groups is 1. The lowest BCUT2D eigenvalue weighted by molar-refractivity contribution is -0.173. The van der Waals surface area contributed by atoms with Gasteiger partial charge in [-0.05, 0) is 17.5 Å². The van der Waals surface area contributed by atoms with Gasteiger partial charge in [0.05, 0.1) is 5.92 Å². The van der Waals surface area contributed by atoms with Gasteiger partial charge in [-0.15, -0.1) is 0 Å². The number of nitrogens with two attached hydrogens (primary N) is 1. The second-order valence-corrected chi connectivity index (χ2v) is 7.86. The standard InChI is InChI=1S/C19H21F3N4O3/c20-19(21,22)12-8-25(9-13(12)23)6-10-2-1-3-11-7-26(18(29)16(10)11)14-4-5-15(27)24-17(14)28/h1-3,12-14H,4-9,23H2,(H,24,27,28)/t12-,13-,14?/m1/s1. The number of benzene rings is 1. The summed E-state index contributed by atoms with van der Waals surface area (Å²) in [6.07, 6.45) is -3.94. The number of halogens is 3. The first-order valence-corrected chi connectivity index (χ1v) is 9.45. The first-order chi connectivity index (χ1) is 13.6. The highest BCUT2D eigenvalue weighted by Gasteiger charge is 2.48. The minimum atomic E-state index is -4.36. The van der Waals surface area contributed by atoms with Gasteiger partial charge in [0.1, 0.15) is 6.04 Å². The van der Waals surface area contributed by atoms with E-state index in [0.29, 0.717) is 11.1 Å². The number of amides is 3. The van der Waals surface area contributed by atoms with E-state index in [4.69, 9.17) is 5.73 Å². The lowest BCUT2D eigenvalue weighted by Gasteiger charge is -2.29. The molecule has 0 saturated carbocycles. The Bertz CT molecular complexity index is 873. The van der Waals surface area contributed by atoms with Crippen LogP contribution < -0.4 is 11.1 Å². The number of nitrogens with zero attached hydrogens (tertiary/aromatic N) is 2. The Morgan fingerprint density at radius 3 is 2.59 bits per heavy atom. The van der Waals surface area contributed by atoms with E-state index in [9.17, 15) is 27.6 Å². The molecule has 3 N–H and O–H groups in total. The Labute approximate surface area is 165 Å². The molecule has 4 rings (SSSR count). The molecule has 0 spiro atoms. The number of likely N-dealkylation sites (tertiary alicyclic amines) is 1. The van der Waals surface area contributed by atoms with E-state index in [0.717, 1.165) is 5.56 Å². The highest BCUT2D eigenvalue weighted by atomic mass is 19.4. The number of carbonyl (C=O) groups is 3. The minimum absolute atomic E-state index is 0.0961. The van der Waals surface area contributed by atoms with Gasteiger partial charge in [-0.2, -0.15) is 13.2 Å². The van der Waals surface area contributed by atoms with Crippen LogP contribution in [0, 0.1) is 5.92 Å². The van der Waals surface area contributed by atoms with Crippen molar-refractivity contribution in [2.75, 3.05) is 13.1 Å². The molecule has 156 valence electrons. The lowest BCUT2D eigenvalue weighted by Crippen LogP contribution is -2.52. The number of piperidine rings is 1. The van der Waals surface area contributed by atoms with Crippen molar-refractivity contribution in [2.24, 2.45) is 11.7 Å². The van der Waals surface area contributed by atoms with Crippen LogP contribution in [0.15, 0.2) is 18.2 Å². The molecule has 7 nitrogen and oxygen atoms in total. The molecule has 0 radical (unpaired) electrons. The average molecular weight is 410 g/mol. The summed E-state index contributed by atoms with van der Waals surface area (Å²) in [5, 5.41) is 2.25. The lowest BCUT2D eigenvalue weighted by atomic mass is 10.0. The van der Waals surface area contributed by atoms with Crippen LogP contribution in [0.4, 0.5) is 13.2 Å². The second kappa shape index (κ2) is 7.10. The molecule has 1 aromatic rings. The summed E-state index contributed by atoms with van der Waals surface area (Å²) in [6.45, 7) is 0.301. The maximum absolute atomic E-state index is 13.1. The summed E-state index contributed by atoms with van der Waals surface area (Å²) < 4.78 is 39.3. The third kappa shape index (κ3) is 3.62. The van der Waals surface area contributed by atoms with Gasteiger partial charge in [-0.25, -0.2) is 0 Å². The van der Waals surface area contributed by atoms with E-state index < -0.39 is 30.1 Å². The molecule has 0 aromatic heterocycles. The van der Waals surface area contributed by atoms with Gasteiger partial charge in [-0.1, -0.05) is 18.2 Å². The van der Waals surface area contributed by atoms with E-state index in [1.54, 1.807) is 23.1 Å². The molecule has 2 fully saturated rings. The maximum atomic E-state index is 13.1. The molecule has 2 saturated heterocycles. The summed E-state index contributed by atoms with van der Waals surface area (Å²) in [7, 11) is 0. The third-order valence-electron chi connectivity index (χ3n) is 5.89. The smallest absolute Gasteiger partial charge is 0.326 e. The van der Waals surface area contributed by atoms with Crippen molar-refractivity contribution in [3.63, 3.8) is 0 Å². The first-order valence-electron chi connectivity index (χ1n) is 9.45. The van der Waals surface area contributed by atoms with E-state index in [2.05, 4.69) is 5.32 Å². The summed E-state index contributed by atoms with van der Waals surface area (Å²) in [5.74, 6) is -2.78. The number of rotatable bonds is 3.